The third-order valence-corrected chi connectivity index (χ3v) is 8.68. The lowest BCUT2D eigenvalue weighted by atomic mass is 10.1. The van der Waals surface area contributed by atoms with Crippen molar-refractivity contribution in [1.82, 2.24) is 5.43 Å². The van der Waals surface area contributed by atoms with Crippen molar-refractivity contribution in [2.75, 3.05) is 17.5 Å². The van der Waals surface area contributed by atoms with Crippen molar-refractivity contribution < 1.29 is 22.7 Å². The molecular weight excluding hydrogens is 574 g/mol. The van der Waals surface area contributed by atoms with Crippen LogP contribution in [0, 0.1) is 6.92 Å². The second-order valence-corrected chi connectivity index (χ2v) is 11.9. The molecule has 1 amide bonds. The molecule has 0 saturated carbocycles. The number of hydrazone groups is 1. The third-order valence-electron chi connectivity index (χ3n) is 6.89. The Balaban J connectivity index is 1.22. The van der Waals surface area contributed by atoms with Crippen LogP contribution in [0.25, 0.3) is 10.8 Å². The van der Waals surface area contributed by atoms with E-state index >= 15 is 0 Å². The minimum atomic E-state index is -4.06. The van der Waals surface area contributed by atoms with Crippen LogP contribution < -0.4 is 19.2 Å². The summed E-state index contributed by atoms with van der Waals surface area (Å²) in [5.41, 5.74) is 5.61. The number of rotatable bonds is 12. The van der Waals surface area contributed by atoms with E-state index in [-0.39, 0.29) is 4.90 Å². The number of carbonyl (C=O) groups is 1. The summed E-state index contributed by atoms with van der Waals surface area (Å²) in [7, 11) is -4.06. The molecule has 0 spiro atoms. The monoisotopic (exact) mass is 607 g/mol. The van der Waals surface area contributed by atoms with Gasteiger partial charge in [-0.15, -0.1) is 0 Å². The van der Waals surface area contributed by atoms with Crippen molar-refractivity contribution >= 4 is 38.6 Å². The van der Waals surface area contributed by atoms with E-state index in [4.69, 9.17) is 9.47 Å². The Bertz CT molecular complexity index is 1850. The predicted molar refractivity (Wildman–Crippen MR) is 174 cm³/mol. The first-order valence-corrected chi connectivity index (χ1v) is 15.6. The molecule has 0 heterocycles. The Labute approximate surface area is 257 Å². The third kappa shape index (κ3) is 7.43. The smallest absolute Gasteiger partial charge is 0.264 e. The Morgan fingerprint density at radius 1 is 0.818 bits per heavy atom. The highest BCUT2D eigenvalue weighted by Gasteiger charge is 2.27. The lowest BCUT2D eigenvalue weighted by molar-refractivity contribution is -0.119. The number of hydrogen-bond donors (Lipinski definition) is 1. The molecule has 1 N–H and O–H groups in total. The number of nitrogens with zero attached hydrogens (tertiary/aromatic N) is 2. The zero-order valence-corrected chi connectivity index (χ0v) is 25.3. The van der Waals surface area contributed by atoms with Gasteiger partial charge in [-0.3, -0.25) is 9.10 Å². The highest BCUT2D eigenvalue weighted by atomic mass is 32.2. The van der Waals surface area contributed by atoms with E-state index in [1.807, 2.05) is 56.3 Å². The van der Waals surface area contributed by atoms with Crippen LogP contribution in [0.15, 0.2) is 125 Å². The largest absolute Gasteiger partial charge is 0.494 e. The fourth-order valence-corrected chi connectivity index (χ4v) is 6.02. The molecule has 0 aliphatic carbocycles. The molecule has 5 aromatic rings. The summed E-state index contributed by atoms with van der Waals surface area (Å²) in [5, 5.41) is 6.36. The SMILES string of the molecule is CCOc1ccc(S(=O)(=O)N(CC(=O)N/N=C\c2ccc(OCc3cccc4ccccc34)cc2)c2ccc(C)cc2)cc1. The molecule has 0 radical (unpaired) electrons. The fraction of sp³-hybridized carbons (Fsp3) is 0.143. The highest BCUT2D eigenvalue weighted by Crippen LogP contribution is 2.26. The van der Waals surface area contributed by atoms with Gasteiger partial charge in [0.2, 0.25) is 0 Å². The van der Waals surface area contributed by atoms with Crippen molar-refractivity contribution in [2.45, 2.75) is 25.3 Å². The molecule has 9 heteroatoms. The van der Waals surface area contributed by atoms with E-state index in [0.717, 1.165) is 31.8 Å². The van der Waals surface area contributed by atoms with Gasteiger partial charge >= 0.3 is 0 Å². The van der Waals surface area contributed by atoms with E-state index in [1.165, 1.54) is 18.3 Å². The fourth-order valence-electron chi connectivity index (χ4n) is 4.60. The number of sulfonamides is 1. The quantitative estimate of drug-likeness (QED) is 0.130. The lowest BCUT2D eigenvalue weighted by Gasteiger charge is -2.24. The number of fused-ring (bicyclic) bond motifs is 1. The molecular formula is C35H33N3O5S. The van der Waals surface area contributed by atoms with Crippen LogP contribution >= 0.6 is 0 Å². The lowest BCUT2D eigenvalue weighted by Crippen LogP contribution is -2.39. The van der Waals surface area contributed by atoms with E-state index in [0.29, 0.717) is 30.4 Å². The second kappa shape index (κ2) is 13.9. The van der Waals surface area contributed by atoms with Crippen LogP contribution in [0.1, 0.15) is 23.6 Å². The van der Waals surface area contributed by atoms with Gasteiger partial charge in [-0.1, -0.05) is 60.2 Å². The number of benzene rings is 5. The summed E-state index contributed by atoms with van der Waals surface area (Å²) in [6.07, 6.45) is 1.49. The number of hydrogen-bond acceptors (Lipinski definition) is 6. The summed E-state index contributed by atoms with van der Waals surface area (Å²) in [6, 6.07) is 34.7. The topological polar surface area (TPSA) is 97.3 Å². The van der Waals surface area contributed by atoms with Gasteiger partial charge in [0, 0.05) is 0 Å². The highest BCUT2D eigenvalue weighted by molar-refractivity contribution is 7.92. The first-order valence-electron chi connectivity index (χ1n) is 14.2. The number of nitrogens with one attached hydrogen (secondary N) is 1. The summed E-state index contributed by atoms with van der Waals surface area (Å²) >= 11 is 0. The number of carbonyl (C=O) groups excluding carboxylic acids is 1. The standard InChI is InChI=1S/C35H33N3O5S/c1-3-42-31-19-21-33(22-20-31)44(40,41)38(30-15-11-26(2)12-16-30)24-35(39)37-36-23-27-13-17-32(18-14-27)43-25-29-9-6-8-28-7-4-5-10-34(28)29/h4-23H,3,24-25H2,1-2H3,(H,37,39)/b36-23-. The Morgan fingerprint density at radius 2 is 1.48 bits per heavy atom. The zero-order valence-electron chi connectivity index (χ0n) is 24.5. The van der Waals surface area contributed by atoms with Crippen LogP contribution in [0.4, 0.5) is 5.69 Å². The Morgan fingerprint density at radius 3 is 2.20 bits per heavy atom. The first-order chi connectivity index (χ1) is 21.3. The molecule has 0 aliphatic rings. The maximum absolute atomic E-state index is 13.6. The molecule has 0 fully saturated rings. The molecule has 5 rings (SSSR count). The summed E-state index contributed by atoms with van der Waals surface area (Å²) in [5.74, 6) is 0.670. The molecule has 8 nitrogen and oxygen atoms in total. The van der Waals surface area contributed by atoms with Gasteiger partial charge in [-0.25, -0.2) is 13.8 Å². The van der Waals surface area contributed by atoms with Gasteiger partial charge in [0.15, 0.2) is 0 Å². The van der Waals surface area contributed by atoms with Gasteiger partial charge < -0.3 is 9.47 Å². The minimum Gasteiger partial charge on any atom is -0.494 e. The van der Waals surface area contributed by atoms with E-state index in [1.54, 1.807) is 36.4 Å². The van der Waals surface area contributed by atoms with Crippen LogP contribution in [0.2, 0.25) is 0 Å². The Hall–Kier alpha value is -5.15. The Kier molecular flexibility index (Phi) is 9.56. The summed E-state index contributed by atoms with van der Waals surface area (Å²) < 4.78 is 39.7. The van der Waals surface area contributed by atoms with Crippen LogP contribution in [-0.4, -0.2) is 33.7 Å². The van der Waals surface area contributed by atoms with Crippen molar-refractivity contribution in [3.63, 3.8) is 0 Å². The van der Waals surface area contributed by atoms with Crippen LogP contribution in [-0.2, 0) is 21.4 Å². The molecule has 0 unspecified atom stereocenters. The summed E-state index contributed by atoms with van der Waals surface area (Å²) in [4.78, 5) is 12.9. The maximum Gasteiger partial charge on any atom is 0.264 e. The van der Waals surface area contributed by atoms with E-state index < -0.39 is 22.5 Å². The zero-order chi connectivity index (χ0) is 30.9. The average Bonchev–Trinajstić information content (AvgIpc) is 3.04. The molecule has 5 aromatic carbocycles. The van der Waals surface area contributed by atoms with Gasteiger partial charge in [-0.05, 0) is 96.4 Å². The van der Waals surface area contributed by atoms with Crippen molar-refractivity contribution in [3.05, 3.63) is 132 Å². The van der Waals surface area contributed by atoms with Crippen LogP contribution in [0.3, 0.4) is 0 Å². The number of anilines is 1. The molecule has 0 bridgehead atoms. The van der Waals surface area contributed by atoms with Crippen molar-refractivity contribution in [1.29, 1.82) is 0 Å². The first kappa shape index (κ1) is 30.3. The molecule has 0 atom stereocenters. The number of ether oxygens (including phenoxy) is 2. The second-order valence-electron chi connectivity index (χ2n) is 10.0. The summed E-state index contributed by atoms with van der Waals surface area (Å²) in [6.45, 7) is 4.19. The number of amides is 1. The van der Waals surface area contributed by atoms with Crippen LogP contribution in [0.5, 0.6) is 11.5 Å². The van der Waals surface area contributed by atoms with Gasteiger partial charge in [0.25, 0.3) is 15.9 Å². The molecule has 224 valence electrons. The predicted octanol–water partition coefficient (Wildman–Crippen LogP) is 6.47. The number of aryl methyl sites for hydroxylation is 1. The maximum atomic E-state index is 13.6. The van der Waals surface area contributed by atoms with Crippen molar-refractivity contribution in [3.8, 4) is 11.5 Å². The average molecular weight is 608 g/mol. The van der Waals surface area contributed by atoms with Gasteiger partial charge in [0.1, 0.15) is 24.7 Å². The van der Waals surface area contributed by atoms with Gasteiger partial charge in [-0.2, -0.15) is 5.10 Å². The van der Waals surface area contributed by atoms with E-state index in [2.05, 4.69) is 34.8 Å². The molecule has 44 heavy (non-hydrogen) atoms. The molecule has 0 aliphatic heterocycles. The van der Waals surface area contributed by atoms with Gasteiger partial charge in [0.05, 0.1) is 23.4 Å². The minimum absolute atomic E-state index is 0.0422. The molecule has 0 saturated heterocycles. The van der Waals surface area contributed by atoms with E-state index in [9.17, 15) is 13.2 Å². The molecule has 0 aromatic heterocycles. The normalized spacial score (nSPS) is 11.4. The van der Waals surface area contributed by atoms with Crippen molar-refractivity contribution in [2.24, 2.45) is 5.10 Å².